The molecule has 12 rings (SSSR count). The summed E-state index contributed by atoms with van der Waals surface area (Å²) in [5, 5.41) is 25.6. The molecule has 0 amide bonds. The second-order valence-electron chi connectivity index (χ2n) is 18.0. The number of esters is 1. The average molecular weight is 909 g/mol. The molecule has 66 heavy (non-hydrogen) atoms. The number of rotatable bonds is 8. The number of ether oxygens (including phenoxy) is 7. The molecule has 13 nitrogen and oxygen atoms in total. The van der Waals surface area contributed by atoms with Crippen molar-refractivity contribution in [2.24, 2.45) is 0 Å². The second-order valence-corrected chi connectivity index (χ2v) is 19.2. The first-order valence-electron chi connectivity index (χ1n) is 22.5. The van der Waals surface area contributed by atoms with Crippen molar-refractivity contribution in [2.75, 3.05) is 47.0 Å². The van der Waals surface area contributed by atoms with Crippen LogP contribution in [0.3, 0.4) is 0 Å². The van der Waals surface area contributed by atoms with Crippen molar-refractivity contribution in [3.8, 4) is 46.3 Å². The zero-order valence-electron chi connectivity index (χ0n) is 37.6. The van der Waals surface area contributed by atoms with Gasteiger partial charge in [-0.15, -0.1) is 11.8 Å². The van der Waals surface area contributed by atoms with Gasteiger partial charge < -0.3 is 38.3 Å². The molecule has 14 heteroatoms. The molecular weight excluding hydrogens is 857 g/mol. The quantitative estimate of drug-likeness (QED) is 0.148. The Bertz CT molecular complexity index is 2790. The van der Waals surface area contributed by atoms with E-state index < -0.39 is 34.9 Å². The average Bonchev–Trinajstić information content (AvgIpc) is 3.83. The van der Waals surface area contributed by atoms with E-state index in [1.807, 2.05) is 62.4 Å². The molecule has 1 unspecified atom stereocenters. The Labute approximate surface area is 388 Å². The molecular formula is C52H52N4O9S. The number of hydrogen-bond acceptors (Lipinski definition) is 14. The van der Waals surface area contributed by atoms with E-state index in [-0.39, 0.29) is 42.7 Å². The summed E-state index contributed by atoms with van der Waals surface area (Å²) < 4.78 is 45.3. The van der Waals surface area contributed by atoms with Crippen LogP contribution in [0.15, 0.2) is 78.9 Å². The highest BCUT2D eigenvalue weighted by Gasteiger charge is 2.62. The fourth-order valence-electron chi connectivity index (χ4n) is 11.7. The Kier molecular flexibility index (Phi) is 10.7. The Morgan fingerprint density at radius 3 is 2.29 bits per heavy atom. The standard InChI is InChI=1S/C52H52N4O9S/c1-28-18-33-19-35-36(22-53)56-37-25-63-51(58)52(34-21-39(59-4)38(57)20-32(34)16-17-54-52)26-66-50(42-41(37)49-47(64-27-65-49)29(2)46(42)61-23-30-12-8-6-9-13-30)44(56)43(55(35)3)40(33)48(45(28)60-5)62-24-31-14-10-7-11-15-31/h6-15,18,20-21,35-37,43-44,50,54,57H,16-17,19,23-27H2,1-5H3/t35-,36+,37-,43+,44?,50-,52-/m1/s1. The Morgan fingerprint density at radius 1 is 0.879 bits per heavy atom. The number of nitrogens with zero attached hydrogens (tertiary/aromatic N) is 3. The Morgan fingerprint density at radius 2 is 1.59 bits per heavy atom. The molecule has 2 fully saturated rings. The fourth-order valence-corrected chi connectivity index (χ4v) is 13.4. The number of aromatic hydroxyl groups is 1. The van der Waals surface area contributed by atoms with Crippen LogP contribution in [-0.2, 0) is 41.1 Å². The summed E-state index contributed by atoms with van der Waals surface area (Å²) in [5.74, 6) is 3.28. The minimum Gasteiger partial charge on any atom is -0.504 e. The predicted octanol–water partition coefficient (Wildman–Crippen LogP) is 7.51. The number of nitriles is 1. The minimum absolute atomic E-state index is 0.0128. The van der Waals surface area contributed by atoms with E-state index in [9.17, 15) is 10.4 Å². The number of thioether (sulfide) groups is 1. The molecule has 0 aliphatic carbocycles. The van der Waals surface area contributed by atoms with Crippen LogP contribution in [-0.4, -0.2) is 86.0 Å². The fraction of sp³-hybridized carbons (Fsp3) is 0.385. The lowest BCUT2D eigenvalue weighted by Gasteiger charge is -2.62. The molecule has 0 aromatic heterocycles. The van der Waals surface area contributed by atoms with E-state index in [1.165, 1.54) is 7.11 Å². The molecule has 7 aliphatic rings. The van der Waals surface area contributed by atoms with Crippen molar-refractivity contribution >= 4 is 17.7 Å². The zero-order chi connectivity index (χ0) is 45.4. The molecule has 7 atom stereocenters. The lowest BCUT2D eigenvalue weighted by atomic mass is 9.71. The maximum absolute atomic E-state index is 15.1. The van der Waals surface area contributed by atoms with Crippen molar-refractivity contribution in [3.63, 3.8) is 0 Å². The zero-order valence-corrected chi connectivity index (χ0v) is 38.4. The first-order chi connectivity index (χ1) is 32.2. The van der Waals surface area contributed by atoms with Gasteiger partial charge in [0.15, 0.2) is 40.0 Å². The van der Waals surface area contributed by atoms with Crippen molar-refractivity contribution in [2.45, 2.75) is 80.9 Å². The number of benzene rings is 5. The first kappa shape index (κ1) is 42.5. The summed E-state index contributed by atoms with van der Waals surface area (Å²) >= 11 is 1.64. The molecule has 5 aromatic carbocycles. The molecule has 0 saturated carbocycles. The number of methoxy groups -OCH3 is 2. The van der Waals surface area contributed by atoms with Crippen LogP contribution in [0.4, 0.5) is 0 Å². The highest BCUT2D eigenvalue weighted by molar-refractivity contribution is 7.99. The third-order valence-corrected chi connectivity index (χ3v) is 16.1. The van der Waals surface area contributed by atoms with Gasteiger partial charge in [-0.25, -0.2) is 4.79 Å². The van der Waals surface area contributed by atoms with Crippen LogP contribution in [0.25, 0.3) is 0 Å². The number of phenolic OH excluding ortho intramolecular Hbond substituents is 1. The molecule has 7 aliphatic heterocycles. The highest BCUT2D eigenvalue weighted by atomic mass is 32.2. The van der Waals surface area contributed by atoms with Gasteiger partial charge in [-0.05, 0) is 79.3 Å². The summed E-state index contributed by atoms with van der Waals surface area (Å²) in [5.41, 5.74) is 7.89. The van der Waals surface area contributed by atoms with Crippen LogP contribution < -0.4 is 33.7 Å². The van der Waals surface area contributed by atoms with E-state index in [2.05, 4.69) is 46.4 Å². The highest BCUT2D eigenvalue weighted by Crippen LogP contribution is 2.65. The molecule has 340 valence electrons. The van der Waals surface area contributed by atoms with Gasteiger partial charge in [-0.3, -0.25) is 15.1 Å². The van der Waals surface area contributed by atoms with Gasteiger partial charge in [0, 0.05) is 46.6 Å². The summed E-state index contributed by atoms with van der Waals surface area (Å²) in [6.07, 6.45) is 1.18. The van der Waals surface area contributed by atoms with Gasteiger partial charge in [0.2, 0.25) is 6.79 Å². The van der Waals surface area contributed by atoms with Gasteiger partial charge in [0.05, 0.1) is 37.6 Å². The van der Waals surface area contributed by atoms with Gasteiger partial charge in [0.25, 0.3) is 0 Å². The van der Waals surface area contributed by atoms with E-state index in [4.69, 9.17) is 33.2 Å². The van der Waals surface area contributed by atoms with Crippen LogP contribution in [0.1, 0.15) is 73.0 Å². The Hall–Kier alpha value is -6.11. The molecule has 1 spiro atoms. The van der Waals surface area contributed by atoms with E-state index in [0.717, 1.165) is 50.1 Å². The second kappa shape index (κ2) is 16.6. The maximum Gasteiger partial charge on any atom is 0.331 e. The number of nitrogens with one attached hydrogen (secondary N) is 1. The Balaban J connectivity index is 1.16. The maximum atomic E-state index is 15.1. The van der Waals surface area contributed by atoms with Crippen LogP contribution in [0.2, 0.25) is 0 Å². The van der Waals surface area contributed by atoms with Crippen molar-refractivity contribution in [1.29, 1.82) is 5.26 Å². The van der Waals surface area contributed by atoms with Gasteiger partial charge in [-0.2, -0.15) is 5.26 Å². The van der Waals surface area contributed by atoms with Crippen molar-refractivity contribution in [1.82, 2.24) is 15.1 Å². The lowest BCUT2D eigenvalue weighted by molar-refractivity contribution is -0.157. The number of likely N-dealkylation sites (N-methyl/N-ethyl adjacent to an activating group) is 1. The molecule has 7 heterocycles. The summed E-state index contributed by atoms with van der Waals surface area (Å²) in [7, 11) is 5.32. The largest absolute Gasteiger partial charge is 0.504 e. The monoisotopic (exact) mass is 908 g/mol. The third-order valence-electron chi connectivity index (χ3n) is 14.6. The first-order valence-corrected chi connectivity index (χ1v) is 23.5. The van der Waals surface area contributed by atoms with Crippen molar-refractivity contribution < 1.29 is 43.1 Å². The summed E-state index contributed by atoms with van der Waals surface area (Å²) in [6, 6.07) is 26.4. The van der Waals surface area contributed by atoms with E-state index in [1.54, 1.807) is 31.0 Å². The predicted molar refractivity (Wildman–Crippen MR) is 247 cm³/mol. The SMILES string of the molecule is COc1cc2c(cc1O)CCN[C@]21CS[C@@H]2c3c(OCc4ccccc4)c(C)c4c(c3[C@@H](COC1=O)N1C2[C@@H]2c3c(cc(C)c(OC)c3OCc3ccccc3)C[C@H]([C@@H]1C#N)N2C)OCO4. The number of carbonyl (C=O) groups excluding carboxylic acids is 1. The number of piperazine rings is 1. The van der Waals surface area contributed by atoms with E-state index >= 15 is 4.79 Å². The summed E-state index contributed by atoms with van der Waals surface area (Å²) in [6.45, 7) is 5.10. The number of hydrogen-bond donors (Lipinski definition) is 2. The molecule has 2 saturated heterocycles. The third kappa shape index (κ3) is 6.49. The number of phenols is 1. The van der Waals surface area contributed by atoms with Crippen LogP contribution >= 0.6 is 11.8 Å². The number of carbonyl (C=O) groups is 1. The summed E-state index contributed by atoms with van der Waals surface area (Å²) in [4.78, 5) is 19.8. The molecule has 2 N–H and O–H groups in total. The molecule has 0 radical (unpaired) electrons. The normalized spacial score (nSPS) is 26.0. The van der Waals surface area contributed by atoms with Crippen LogP contribution in [0, 0.1) is 25.2 Å². The van der Waals surface area contributed by atoms with Gasteiger partial charge in [0.1, 0.15) is 31.6 Å². The van der Waals surface area contributed by atoms with Crippen LogP contribution in [0.5, 0.6) is 40.2 Å². The van der Waals surface area contributed by atoms with Gasteiger partial charge in [-0.1, -0.05) is 66.7 Å². The minimum atomic E-state index is -1.31. The van der Waals surface area contributed by atoms with Gasteiger partial charge >= 0.3 is 5.97 Å². The topological polar surface area (TPSA) is 144 Å². The number of aryl methyl sites for hydroxylation is 1. The molecule has 5 aromatic rings. The van der Waals surface area contributed by atoms with Crippen molar-refractivity contribution in [3.05, 3.63) is 134 Å². The van der Waals surface area contributed by atoms with E-state index in [0.29, 0.717) is 66.9 Å². The lowest BCUT2D eigenvalue weighted by Crippen LogP contribution is -2.69. The smallest absolute Gasteiger partial charge is 0.331 e. The number of fused-ring (bicyclic) bond motifs is 9. The molecule has 4 bridgehead atoms.